The maximum absolute atomic E-state index is 13.1. The van der Waals surface area contributed by atoms with Crippen LogP contribution in [0, 0.1) is 11.6 Å². The Morgan fingerprint density at radius 1 is 0.679 bits per heavy atom. The van der Waals surface area contributed by atoms with Crippen molar-refractivity contribution in [2.24, 2.45) is 0 Å². The lowest BCUT2D eigenvalue weighted by molar-refractivity contribution is 0.163. The van der Waals surface area contributed by atoms with Gasteiger partial charge in [-0.2, -0.15) is 8.61 Å². The highest BCUT2D eigenvalue weighted by Gasteiger charge is 2.41. The zero-order valence-corrected chi connectivity index (χ0v) is 16.9. The number of hydrogen-bond donors (Lipinski definition) is 0. The molecular weight excluding hydrogens is 410 g/mol. The molecule has 1 aliphatic heterocycles. The highest BCUT2D eigenvalue weighted by molar-refractivity contribution is 7.89. The minimum absolute atomic E-state index is 0.0530. The van der Waals surface area contributed by atoms with Crippen molar-refractivity contribution >= 4 is 20.0 Å². The third-order valence-electron chi connectivity index (χ3n) is 4.71. The highest BCUT2D eigenvalue weighted by Crippen LogP contribution is 2.28. The molecular formula is C18H20F2N2O4S2. The molecule has 0 bridgehead atoms. The molecule has 2 aromatic carbocycles. The van der Waals surface area contributed by atoms with E-state index in [2.05, 4.69) is 0 Å². The fourth-order valence-electron chi connectivity index (χ4n) is 3.22. The Bertz CT molecular complexity index is 968. The first-order chi connectivity index (χ1) is 13.0. The molecule has 2 atom stereocenters. The molecule has 10 heteroatoms. The van der Waals surface area contributed by atoms with Crippen molar-refractivity contribution in [2.45, 2.75) is 35.7 Å². The van der Waals surface area contributed by atoms with Crippen LogP contribution in [0.1, 0.15) is 13.8 Å². The van der Waals surface area contributed by atoms with Crippen LogP contribution in [0.4, 0.5) is 8.78 Å². The summed E-state index contributed by atoms with van der Waals surface area (Å²) in [5.74, 6) is -1.09. The predicted octanol–water partition coefficient (Wildman–Crippen LogP) is 2.44. The van der Waals surface area contributed by atoms with Gasteiger partial charge in [0.1, 0.15) is 11.6 Å². The summed E-state index contributed by atoms with van der Waals surface area (Å²) in [4.78, 5) is -0.106. The van der Waals surface area contributed by atoms with Crippen molar-refractivity contribution < 1.29 is 25.6 Å². The molecule has 0 N–H and O–H groups in total. The quantitative estimate of drug-likeness (QED) is 0.747. The Morgan fingerprint density at radius 3 is 1.25 bits per heavy atom. The number of hydrogen-bond acceptors (Lipinski definition) is 4. The Kier molecular flexibility index (Phi) is 5.59. The average molecular weight is 430 g/mol. The van der Waals surface area contributed by atoms with E-state index in [9.17, 15) is 25.6 Å². The monoisotopic (exact) mass is 430 g/mol. The fraction of sp³-hybridized carbons (Fsp3) is 0.333. The topological polar surface area (TPSA) is 74.8 Å². The normalized spacial score (nSPS) is 22.3. The molecule has 0 amide bonds. The first-order valence-electron chi connectivity index (χ1n) is 8.58. The molecule has 0 saturated carbocycles. The summed E-state index contributed by atoms with van der Waals surface area (Å²) < 4.78 is 80.3. The lowest BCUT2D eigenvalue weighted by Crippen LogP contribution is -2.59. The number of piperazine rings is 1. The van der Waals surface area contributed by atoms with E-state index in [4.69, 9.17) is 0 Å². The minimum atomic E-state index is -3.90. The number of sulfonamides is 2. The molecule has 1 heterocycles. The molecule has 1 aliphatic rings. The van der Waals surface area contributed by atoms with Gasteiger partial charge in [-0.1, -0.05) is 0 Å². The molecule has 0 aromatic heterocycles. The van der Waals surface area contributed by atoms with Crippen molar-refractivity contribution in [2.75, 3.05) is 13.1 Å². The largest absolute Gasteiger partial charge is 0.243 e. The first kappa shape index (κ1) is 20.8. The van der Waals surface area contributed by atoms with Gasteiger partial charge in [0.25, 0.3) is 0 Å². The second-order valence-electron chi connectivity index (χ2n) is 6.76. The zero-order valence-electron chi connectivity index (χ0n) is 15.3. The molecule has 0 unspecified atom stereocenters. The van der Waals surface area contributed by atoms with Crippen LogP contribution in [-0.2, 0) is 20.0 Å². The number of rotatable bonds is 4. The molecule has 28 heavy (non-hydrogen) atoms. The van der Waals surface area contributed by atoms with E-state index >= 15 is 0 Å². The minimum Gasteiger partial charge on any atom is -0.207 e. The van der Waals surface area contributed by atoms with Crippen LogP contribution in [0.2, 0.25) is 0 Å². The van der Waals surface area contributed by atoms with Gasteiger partial charge in [0.2, 0.25) is 20.0 Å². The molecule has 1 saturated heterocycles. The molecule has 0 spiro atoms. The molecule has 152 valence electrons. The third kappa shape index (κ3) is 3.82. The van der Waals surface area contributed by atoms with Crippen molar-refractivity contribution in [1.82, 2.24) is 8.61 Å². The van der Waals surface area contributed by atoms with Crippen molar-refractivity contribution in [3.05, 3.63) is 60.2 Å². The summed E-state index contributed by atoms with van der Waals surface area (Å²) in [6.45, 7) is 3.11. The number of halogens is 2. The van der Waals surface area contributed by atoms with Crippen LogP contribution < -0.4 is 0 Å². The zero-order chi connectivity index (χ0) is 20.7. The van der Waals surface area contributed by atoms with Gasteiger partial charge in [-0.15, -0.1) is 0 Å². The van der Waals surface area contributed by atoms with E-state index in [1.54, 1.807) is 13.8 Å². The van der Waals surface area contributed by atoms with Crippen molar-refractivity contribution in [3.63, 3.8) is 0 Å². The maximum Gasteiger partial charge on any atom is 0.243 e. The highest BCUT2D eigenvalue weighted by atomic mass is 32.2. The van der Waals surface area contributed by atoms with Gasteiger partial charge in [-0.3, -0.25) is 0 Å². The Labute approximate surface area is 163 Å². The molecule has 0 radical (unpaired) electrons. The Balaban J connectivity index is 1.88. The van der Waals surface area contributed by atoms with Crippen molar-refractivity contribution in [1.29, 1.82) is 0 Å². The second-order valence-corrected chi connectivity index (χ2v) is 10.5. The van der Waals surface area contributed by atoms with Gasteiger partial charge in [0.05, 0.1) is 9.79 Å². The van der Waals surface area contributed by atoms with E-state index in [-0.39, 0.29) is 22.9 Å². The first-order valence-corrected chi connectivity index (χ1v) is 11.5. The maximum atomic E-state index is 13.1. The molecule has 2 aromatic rings. The molecule has 0 aliphatic carbocycles. The lowest BCUT2D eigenvalue weighted by atomic mass is 10.2. The van der Waals surface area contributed by atoms with E-state index in [1.165, 1.54) is 32.9 Å². The van der Waals surface area contributed by atoms with Gasteiger partial charge >= 0.3 is 0 Å². The summed E-state index contributed by atoms with van der Waals surface area (Å²) in [6, 6.07) is 7.72. The standard InChI is InChI=1S/C18H20F2N2O4S2/c1-13-11-22(28(25,26)18-9-5-16(20)6-10-18)14(2)12-21(13)27(23,24)17-7-3-15(19)4-8-17/h3-10,13-14H,11-12H2,1-2H3/t13-,14-/m0/s1. The average Bonchev–Trinajstić information content (AvgIpc) is 2.63. The molecule has 3 rings (SSSR count). The van der Waals surface area contributed by atoms with E-state index in [1.807, 2.05) is 0 Å². The van der Waals surface area contributed by atoms with Gasteiger partial charge in [0.15, 0.2) is 0 Å². The summed E-state index contributed by atoms with van der Waals surface area (Å²) in [5, 5.41) is 0. The van der Waals surface area contributed by atoms with Crippen molar-refractivity contribution in [3.8, 4) is 0 Å². The van der Waals surface area contributed by atoms with Gasteiger partial charge in [-0.25, -0.2) is 25.6 Å². The van der Waals surface area contributed by atoms with Crippen LogP contribution in [0.15, 0.2) is 58.3 Å². The van der Waals surface area contributed by atoms with Crippen LogP contribution in [0.25, 0.3) is 0 Å². The summed E-state index contributed by atoms with van der Waals surface area (Å²) in [5.41, 5.74) is 0. The summed E-state index contributed by atoms with van der Waals surface area (Å²) in [7, 11) is -7.81. The lowest BCUT2D eigenvalue weighted by Gasteiger charge is -2.42. The molecule has 6 nitrogen and oxygen atoms in total. The van der Waals surface area contributed by atoms with E-state index in [0.29, 0.717) is 0 Å². The fourth-order valence-corrected chi connectivity index (χ4v) is 6.62. The third-order valence-corrected chi connectivity index (χ3v) is 8.70. The Hall–Kier alpha value is -1.88. The van der Waals surface area contributed by atoms with Crippen LogP contribution in [0.5, 0.6) is 0 Å². The number of benzene rings is 2. The SMILES string of the molecule is C[C@H]1CN(S(=O)(=O)c2ccc(F)cc2)[C@@H](C)CN1S(=O)(=O)c1ccc(F)cc1. The predicted molar refractivity (Wildman–Crippen MR) is 99.5 cm³/mol. The van der Waals surface area contributed by atoms with Crippen LogP contribution in [0.3, 0.4) is 0 Å². The molecule has 1 fully saturated rings. The van der Waals surface area contributed by atoms with Gasteiger partial charge in [-0.05, 0) is 62.4 Å². The second kappa shape index (κ2) is 7.51. The van der Waals surface area contributed by atoms with Gasteiger partial charge < -0.3 is 0 Å². The van der Waals surface area contributed by atoms with E-state index in [0.717, 1.165) is 24.3 Å². The summed E-state index contributed by atoms with van der Waals surface area (Å²) >= 11 is 0. The number of nitrogens with zero attached hydrogens (tertiary/aromatic N) is 2. The van der Waals surface area contributed by atoms with E-state index < -0.39 is 43.8 Å². The van der Waals surface area contributed by atoms with Gasteiger partial charge in [0, 0.05) is 25.2 Å². The Morgan fingerprint density at radius 2 is 0.964 bits per heavy atom. The smallest absolute Gasteiger partial charge is 0.207 e. The summed E-state index contributed by atoms with van der Waals surface area (Å²) in [6.07, 6.45) is 0. The van der Waals surface area contributed by atoms with Crippen LogP contribution >= 0.6 is 0 Å². The van der Waals surface area contributed by atoms with Crippen LogP contribution in [-0.4, -0.2) is 50.6 Å².